The number of benzene rings is 1. The van der Waals surface area contributed by atoms with Gasteiger partial charge in [-0.15, -0.1) is 0 Å². The summed E-state index contributed by atoms with van der Waals surface area (Å²) in [5.74, 6) is 0.106. The van der Waals surface area contributed by atoms with Crippen LogP contribution < -0.4 is 0 Å². The Hall–Kier alpha value is -1.52. The summed E-state index contributed by atoms with van der Waals surface area (Å²) in [5, 5.41) is 10.1. The van der Waals surface area contributed by atoms with Crippen LogP contribution in [0, 0.1) is 12.7 Å². The van der Waals surface area contributed by atoms with Crippen LogP contribution in [0.5, 0.6) is 0 Å². The van der Waals surface area contributed by atoms with E-state index in [0.29, 0.717) is 17.1 Å². The van der Waals surface area contributed by atoms with Crippen molar-refractivity contribution in [1.82, 2.24) is 9.97 Å². The van der Waals surface area contributed by atoms with Gasteiger partial charge in [-0.05, 0) is 30.7 Å². The zero-order valence-corrected chi connectivity index (χ0v) is 10.5. The molecule has 2 aromatic rings. The molecule has 0 aliphatic heterocycles. The number of aromatic nitrogens is 2. The van der Waals surface area contributed by atoms with Crippen molar-refractivity contribution in [3.8, 4) is 0 Å². The van der Waals surface area contributed by atoms with Gasteiger partial charge in [-0.1, -0.05) is 17.7 Å². The number of aliphatic hydroxyl groups is 1. The molecular weight excluding hydrogens is 255 g/mol. The molecule has 2 rings (SSSR count). The molecule has 0 amide bonds. The largest absolute Gasteiger partial charge is 0.386 e. The van der Waals surface area contributed by atoms with Crippen LogP contribution in [0.2, 0.25) is 5.02 Å². The molecule has 0 radical (unpaired) electrons. The first-order chi connectivity index (χ1) is 8.56. The highest BCUT2D eigenvalue weighted by molar-refractivity contribution is 6.30. The average Bonchev–Trinajstić information content (AvgIpc) is 2.34. The number of aliphatic hydroxyl groups excluding tert-OH is 1. The molecule has 0 bridgehead atoms. The molecule has 1 heterocycles. The molecule has 5 heteroatoms. The maximum atomic E-state index is 13.3. The lowest BCUT2D eigenvalue weighted by Crippen LogP contribution is -2.06. The van der Waals surface area contributed by atoms with E-state index in [1.807, 2.05) is 0 Å². The van der Waals surface area contributed by atoms with Gasteiger partial charge in [-0.25, -0.2) is 14.4 Å². The van der Waals surface area contributed by atoms with Crippen molar-refractivity contribution in [2.24, 2.45) is 0 Å². The van der Waals surface area contributed by atoms with Crippen LogP contribution in [0.4, 0.5) is 4.39 Å². The minimum Gasteiger partial charge on any atom is -0.386 e. The molecule has 0 saturated carbocycles. The molecule has 18 heavy (non-hydrogen) atoms. The van der Waals surface area contributed by atoms with E-state index in [1.165, 1.54) is 12.1 Å². The maximum absolute atomic E-state index is 13.3. The molecule has 0 aliphatic carbocycles. The van der Waals surface area contributed by atoms with Crippen LogP contribution in [-0.2, 0) is 6.42 Å². The first kappa shape index (κ1) is 12.9. The van der Waals surface area contributed by atoms with E-state index in [9.17, 15) is 9.50 Å². The minimum absolute atomic E-state index is 0.0751. The number of rotatable bonds is 3. The maximum Gasteiger partial charge on any atom is 0.142 e. The second-order valence-electron chi connectivity index (χ2n) is 4.00. The number of halogens is 2. The van der Waals surface area contributed by atoms with E-state index in [1.54, 1.807) is 25.3 Å². The van der Waals surface area contributed by atoms with Gasteiger partial charge in [-0.2, -0.15) is 0 Å². The molecule has 0 saturated heterocycles. The fourth-order valence-corrected chi connectivity index (χ4v) is 1.77. The Labute approximate surface area is 109 Å². The fourth-order valence-electron chi connectivity index (χ4n) is 1.65. The Morgan fingerprint density at radius 3 is 2.83 bits per heavy atom. The highest BCUT2D eigenvalue weighted by Crippen LogP contribution is 2.20. The first-order valence-electron chi connectivity index (χ1n) is 5.48. The zero-order chi connectivity index (χ0) is 13.1. The third kappa shape index (κ3) is 3.03. The van der Waals surface area contributed by atoms with Gasteiger partial charge < -0.3 is 5.11 Å². The van der Waals surface area contributed by atoms with Crippen molar-refractivity contribution in [3.05, 3.63) is 58.4 Å². The molecule has 0 aliphatic rings. The number of hydrogen-bond donors (Lipinski definition) is 1. The van der Waals surface area contributed by atoms with E-state index in [4.69, 9.17) is 11.6 Å². The van der Waals surface area contributed by atoms with Gasteiger partial charge in [0.2, 0.25) is 0 Å². The molecule has 1 N–H and O–H groups in total. The van der Waals surface area contributed by atoms with Crippen molar-refractivity contribution in [2.45, 2.75) is 19.4 Å². The third-order valence-electron chi connectivity index (χ3n) is 2.55. The first-order valence-corrected chi connectivity index (χ1v) is 5.85. The summed E-state index contributed by atoms with van der Waals surface area (Å²) in [5.41, 5.74) is 1.19. The standard InChI is InChI=1S/C13H12ClFN2O/c1-8-16-5-4-12(17-8)13(18)7-9-2-3-10(14)11(15)6-9/h2-6,13,18H,7H2,1H3. The third-order valence-corrected chi connectivity index (χ3v) is 2.86. The van der Waals surface area contributed by atoms with Gasteiger partial charge in [-0.3, -0.25) is 0 Å². The zero-order valence-electron chi connectivity index (χ0n) is 9.77. The smallest absolute Gasteiger partial charge is 0.142 e. The number of hydrogen-bond acceptors (Lipinski definition) is 3. The van der Waals surface area contributed by atoms with E-state index in [-0.39, 0.29) is 11.4 Å². The Balaban J connectivity index is 2.16. The Morgan fingerprint density at radius 1 is 1.39 bits per heavy atom. The van der Waals surface area contributed by atoms with Crippen LogP contribution >= 0.6 is 11.6 Å². The molecule has 0 spiro atoms. The van der Waals surface area contributed by atoms with Crippen molar-refractivity contribution < 1.29 is 9.50 Å². The van der Waals surface area contributed by atoms with Crippen molar-refractivity contribution in [2.75, 3.05) is 0 Å². The van der Waals surface area contributed by atoms with Crippen LogP contribution in [-0.4, -0.2) is 15.1 Å². The predicted octanol–water partition coefficient (Wildman–Crippen LogP) is 2.85. The summed E-state index contributed by atoms with van der Waals surface area (Å²) < 4.78 is 13.3. The lowest BCUT2D eigenvalue weighted by Gasteiger charge is -2.10. The molecular formula is C13H12ClFN2O. The summed E-state index contributed by atoms with van der Waals surface area (Å²) in [7, 11) is 0. The predicted molar refractivity (Wildman–Crippen MR) is 66.8 cm³/mol. The van der Waals surface area contributed by atoms with Crippen LogP contribution in [0.15, 0.2) is 30.5 Å². The summed E-state index contributed by atoms with van der Waals surface area (Å²) >= 11 is 5.60. The van der Waals surface area contributed by atoms with Gasteiger partial charge in [0.1, 0.15) is 17.7 Å². The molecule has 1 aromatic carbocycles. The average molecular weight is 267 g/mol. The summed E-state index contributed by atoms with van der Waals surface area (Å²) in [6, 6.07) is 6.12. The lowest BCUT2D eigenvalue weighted by molar-refractivity contribution is 0.173. The Kier molecular flexibility index (Phi) is 3.89. The van der Waals surface area contributed by atoms with E-state index in [0.717, 1.165) is 0 Å². The second kappa shape index (κ2) is 5.42. The van der Waals surface area contributed by atoms with Crippen LogP contribution in [0.25, 0.3) is 0 Å². The quantitative estimate of drug-likeness (QED) is 0.929. The van der Waals surface area contributed by atoms with E-state index in [2.05, 4.69) is 9.97 Å². The van der Waals surface area contributed by atoms with Gasteiger partial charge in [0.15, 0.2) is 0 Å². The molecule has 1 aromatic heterocycles. The SMILES string of the molecule is Cc1nccc(C(O)Cc2ccc(Cl)c(F)c2)n1. The van der Waals surface area contributed by atoms with E-state index >= 15 is 0 Å². The summed E-state index contributed by atoms with van der Waals surface area (Å²) in [6.45, 7) is 1.75. The molecule has 3 nitrogen and oxygen atoms in total. The minimum atomic E-state index is -0.785. The summed E-state index contributed by atoms with van der Waals surface area (Å²) in [6.07, 6.45) is 1.08. The topological polar surface area (TPSA) is 46.0 Å². The second-order valence-corrected chi connectivity index (χ2v) is 4.40. The molecule has 1 atom stereocenters. The Bertz CT molecular complexity index is 562. The van der Waals surface area contributed by atoms with Gasteiger partial charge in [0.05, 0.1) is 10.7 Å². The number of nitrogens with zero attached hydrogens (tertiary/aromatic N) is 2. The van der Waals surface area contributed by atoms with Gasteiger partial charge in [0.25, 0.3) is 0 Å². The summed E-state index contributed by atoms with van der Waals surface area (Å²) in [4.78, 5) is 8.08. The molecule has 1 unspecified atom stereocenters. The monoisotopic (exact) mass is 266 g/mol. The van der Waals surface area contributed by atoms with Crippen molar-refractivity contribution in [1.29, 1.82) is 0 Å². The fraction of sp³-hybridized carbons (Fsp3) is 0.231. The molecule has 94 valence electrons. The Morgan fingerprint density at radius 2 is 2.17 bits per heavy atom. The lowest BCUT2D eigenvalue weighted by atomic mass is 10.1. The van der Waals surface area contributed by atoms with Crippen LogP contribution in [0.1, 0.15) is 23.2 Å². The van der Waals surface area contributed by atoms with E-state index < -0.39 is 11.9 Å². The van der Waals surface area contributed by atoms with Crippen molar-refractivity contribution in [3.63, 3.8) is 0 Å². The van der Waals surface area contributed by atoms with Crippen molar-refractivity contribution >= 4 is 11.6 Å². The van der Waals surface area contributed by atoms with Gasteiger partial charge >= 0.3 is 0 Å². The number of aryl methyl sites for hydroxylation is 1. The van der Waals surface area contributed by atoms with Crippen LogP contribution in [0.3, 0.4) is 0 Å². The van der Waals surface area contributed by atoms with Gasteiger partial charge in [0, 0.05) is 12.6 Å². The highest BCUT2D eigenvalue weighted by Gasteiger charge is 2.11. The normalized spacial score (nSPS) is 12.4. The highest BCUT2D eigenvalue weighted by atomic mass is 35.5. The molecule has 0 fully saturated rings.